The molecule has 14 heavy (non-hydrogen) atoms. The van der Waals surface area contributed by atoms with E-state index in [4.69, 9.17) is 9.84 Å². The number of aliphatic carboxylic acids is 1. The molecule has 0 bridgehead atoms. The molecule has 2 aliphatic rings. The van der Waals surface area contributed by atoms with Gasteiger partial charge < -0.3 is 15.2 Å². The number of amides is 1. The maximum Gasteiger partial charge on any atom is 0.411 e. The number of rotatable bonds is 2. The summed E-state index contributed by atoms with van der Waals surface area (Å²) >= 11 is 0. The van der Waals surface area contributed by atoms with Crippen LogP contribution in [-0.2, 0) is 9.53 Å². The predicted molar refractivity (Wildman–Crippen MR) is 45.9 cm³/mol. The van der Waals surface area contributed by atoms with E-state index in [1.807, 2.05) is 0 Å². The summed E-state index contributed by atoms with van der Waals surface area (Å²) in [7, 11) is 0. The molecule has 0 radical (unpaired) electrons. The molecule has 1 amide bonds. The second-order valence-corrected chi connectivity index (χ2v) is 3.73. The van der Waals surface area contributed by atoms with Crippen LogP contribution in [0.1, 0.15) is 6.42 Å². The lowest BCUT2D eigenvalue weighted by Crippen LogP contribution is -2.38. The highest BCUT2D eigenvalue weighted by Crippen LogP contribution is 2.28. The van der Waals surface area contributed by atoms with Crippen LogP contribution in [0.15, 0.2) is 0 Å². The molecule has 0 saturated carbocycles. The van der Waals surface area contributed by atoms with E-state index in [2.05, 4.69) is 5.32 Å². The number of carbonyl (C=O) groups is 2. The Kier molecular flexibility index (Phi) is 2.07. The Bertz CT molecular complexity index is 273. The topological polar surface area (TPSA) is 78.9 Å². The Balaban J connectivity index is 2.02. The van der Waals surface area contributed by atoms with Crippen molar-refractivity contribution in [2.75, 3.05) is 26.2 Å². The highest BCUT2D eigenvalue weighted by Gasteiger charge is 2.47. The molecular weight excluding hydrogens is 188 g/mol. The molecule has 1 unspecified atom stereocenters. The monoisotopic (exact) mass is 200 g/mol. The molecule has 2 aliphatic heterocycles. The Hall–Kier alpha value is -1.30. The highest BCUT2D eigenvalue weighted by molar-refractivity contribution is 5.78. The molecule has 6 heteroatoms. The van der Waals surface area contributed by atoms with Gasteiger partial charge in [-0.15, -0.1) is 0 Å². The first-order valence-electron chi connectivity index (χ1n) is 4.52. The molecule has 6 nitrogen and oxygen atoms in total. The molecule has 2 N–H and O–H groups in total. The van der Waals surface area contributed by atoms with Gasteiger partial charge in [-0.1, -0.05) is 0 Å². The maximum atomic E-state index is 11.3. The van der Waals surface area contributed by atoms with E-state index in [-0.39, 0.29) is 6.54 Å². The second-order valence-electron chi connectivity index (χ2n) is 3.73. The SMILES string of the molecule is O=C(O)CN1CC2(CCNC2)OC1=O. The van der Waals surface area contributed by atoms with Gasteiger partial charge in [0.15, 0.2) is 0 Å². The molecule has 1 atom stereocenters. The number of carboxylic acid groups (broad SMARTS) is 1. The van der Waals surface area contributed by atoms with E-state index in [1.54, 1.807) is 0 Å². The Morgan fingerprint density at radius 2 is 2.50 bits per heavy atom. The lowest BCUT2D eigenvalue weighted by atomic mass is 10.0. The fraction of sp³-hybridized carbons (Fsp3) is 0.750. The molecule has 1 spiro atoms. The van der Waals surface area contributed by atoms with Crippen molar-refractivity contribution in [3.8, 4) is 0 Å². The zero-order valence-corrected chi connectivity index (χ0v) is 7.65. The minimum atomic E-state index is -1.01. The minimum Gasteiger partial charge on any atom is -0.480 e. The van der Waals surface area contributed by atoms with Gasteiger partial charge in [0.2, 0.25) is 0 Å². The van der Waals surface area contributed by atoms with Crippen LogP contribution in [-0.4, -0.2) is 53.8 Å². The predicted octanol–water partition coefficient (Wildman–Crippen LogP) is -0.745. The molecule has 2 rings (SSSR count). The molecule has 0 aliphatic carbocycles. The van der Waals surface area contributed by atoms with Crippen LogP contribution in [0.5, 0.6) is 0 Å². The third-order valence-electron chi connectivity index (χ3n) is 2.57. The third kappa shape index (κ3) is 1.52. The first-order valence-corrected chi connectivity index (χ1v) is 4.52. The van der Waals surface area contributed by atoms with Gasteiger partial charge in [-0.3, -0.25) is 9.69 Å². The van der Waals surface area contributed by atoms with Gasteiger partial charge in [-0.2, -0.15) is 0 Å². The zero-order chi connectivity index (χ0) is 10.2. The van der Waals surface area contributed by atoms with E-state index in [9.17, 15) is 9.59 Å². The molecule has 0 aromatic rings. The molecule has 0 aromatic heterocycles. The van der Waals surface area contributed by atoms with Gasteiger partial charge in [-0.05, 0) is 6.54 Å². The summed E-state index contributed by atoms with van der Waals surface area (Å²) in [4.78, 5) is 23.0. The lowest BCUT2D eigenvalue weighted by molar-refractivity contribution is -0.137. The smallest absolute Gasteiger partial charge is 0.411 e. The maximum absolute atomic E-state index is 11.3. The van der Waals surface area contributed by atoms with Crippen LogP contribution in [0.2, 0.25) is 0 Å². The van der Waals surface area contributed by atoms with Gasteiger partial charge in [0.1, 0.15) is 12.1 Å². The fourth-order valence-electron chi connectivity index (χ4n) is 1.92. The van der Waals surface area contributed by atoms with Gasteiger partial charge in [-0.25, -0.2) is 4.79 Å². The van der Waals surface area contributed by atoms with Crippen molar-refractivity contribution in [3.63, 3.8) is 0 Å². The summed E-state index contributed by atoms with van der Waals surface area (Å²) in [5.41, 5.74) is -0.480. The summed E-state index contributed by atoms with van der Waals surface area (Å²) in [5, 5.41) is 11.7. The number of carbonyl (C=O) groups excluding carboxylic acids is 1. The number of ether oxygens (including phenoxy) is 1. The van der Waals surface area contributed by atoms with Crippen molar-refractivity contribution < 1.29 is 19.4 Å². The average molecular weight is 200 g/mol. The van der Waals surface area contributed by atoms with Crippen LogP contribution in [0.3, 0.4) is 0 Å². The summed E-state index contributed by atoms with van der Waals surface area (Å²) in [5.74, 6) is -1.01. The van der Waals surface area contributed by atoms with Crippen molar-refractivity contribution in [1.82, 2.24) is 10.2 Å². The van der Waals surface area contributed by atoms with E-state index in [1.165, 1.54) is 4.90 Å². The summed E-state index contributed by atoms with van der Waals surface area (Å²) in [6, 6.07) is 0. The first kappa shape index (κ1) is 9.26. The van der Waals surface area contributed by atoms with Crippen molar-refractivity contribution >= 4 is 12.1 Å². The van der Waals surface area contributed by atoms with Crippen molar-refractivity contribution in [2.45, 2.75) is 12.0 Å². The van der Waals surface area contributed by atoms with Crippen molar-refractivity contribution in [1.29, 1.82) is 0 Å². The van der Waals surface area contributed by atoms with Crippen molar-refractivity contribution in [2.24, 2.45) is 0 Å². The molecule has 2 fully saturated rings. The van der Waals surface area contributed by atoms with E-state index >= 15 is 0 Å². The van der Waals surface area contributed by atoms with E-state index < -0.39 is 17.7 Å². The van der Waals surface area contributed by atoms with Crippen LogP contribution < -0.4 is 5.32 Å². The van der Waals surface area contributed by atoms with E-state index in [0.717, 1.165) is 13.0 Å². The summed E-state index contributed by atoms with van der Waals surface area (Å²) in [6.07, 6.45) is 0.241. The number of nitrogens with zero attached hydrogens (tertiary/aromatic N) is 1. The molecular formula is C8H12N2O4. The normalized spacial score (nSPS) is 31.1. The van der Waals surface area contributed by atoms with Gasteiger partial charge in [0, 0.05) is 13.0 Å². The van der Waals surface area contributed by atoms with Gasteiger partial charge in [0.25, 0.3) is 0 Å². The van der Waals surface area contributed by atoms with Crippen LogP contribution in [0.25, 0.3) is 0 Å². The quantitative estimate of drug-likeness (QED) is 0.613. The molecule has 2 heterocycles. The van der Waals surface area contributed by atoms with Crippen LogP contribution >= 0.6 is 0 Å². The highest BCUT2D eigenvalue weighted by atomic mass is 16.6. The summed E-state index contributed by atoms with van der Waals surface area (Å²) in [6.45, 7) is 1.54. The lowest BCUT2D eigenvalue weighted by Gasteiger charge is -2.18. The van der Waals surface area contributed by atoms with Crippen LogP contribution in [0, 0.1) is 0 Å². The number of nitrogens with one attached hydrogen (secondary N) is 1. The number of hydrogen-bond donors (Lipinski definition) is 2. The number of carboxylic acids is 1. The largest absolute Gasteiger partial charge is 0.480 e. The molecule has 2 saturated heterocycles. The Labute approximate surface area is 80.8 Å². The van der Waals surface area contributed by atoms with Crippen molar-refractivity contribution in [3.05, 3.63) is 0 Å². The average Bonchev–Trinajstić information content (AvgIpc) is 2.61. The Morgan fingerprint density at radius 3 is 3.07 bits per heavy atom. The third-order valence-corrected chi connectivity index (χ3v) is 2.57. The van der Waals surface area contributed by atoms with E-state index in [0.29, 0.717) is 13.1 Å². The van der Waals surface area contributed by atoms with Gasteiger partial charge in [0.05, 0.1) is 6.54 Å². The van der Waals surface area contributed by atoms with Gasteiger partial charge >= 0.3 is 12.1 Å². The fourth-order valence-corrected chi connectivity index (χ4v) is 1.92. The molecule has 0 aromatic carbocycles. The standard InChI is InChI=1S/C8H12N2O4/c11-6(12)3-10-5-8(14-7(10)13)1-2-9-4-8/h9H,1-5H2,(H,11,12). The second kappa shape index (κ2) is 3.13. The first-order chi connectivity index (χ1) is 6.61. The Morgan fingerprint density at radius 1 is 1.71 bits per heavy atom. The minimum absolute atomic E-state index is 0.277. The number of hydrogen-bond acceptors (Lipinski definition) is 4. The zero-order valence-electron chi connectivity index (χ0n) is 7.65. The summed E-state index contributed by atoms with van der Waals surface area (Å²) < 4.78 is 5.18. The van der Waals surface area contributed by atoms with Crippen LogP contribution in [0.4, 0.5) is 4.79 Å². The molecule has 78 valence electrons.